The van der Waals surface area contributed by atoms with Crippen molar-refractivity contribution in [3.8, 4) is 17.6 Å². The quantitative estimate of drug-likeness (QED) is 0.819. The second kappa shape index (κ2) is 8.02. The van der Waals surface area contributed by atoms with Gasteiger partial charge in [-0.25, -0.2) is 0 Å². The zero-order valence-corrected chi connectivity index (χ0v) is 14.0. The van der Waals surface area contributed by atoms with E-state index in [1.807, 2.05) is 12.1 Å². The van der Waals surface area contributed by atoms with Gasteiger partial charge in [-0.1, -0.05) is 12.1 Å². The van der Waals surface area contributed by atoms with Crippen LogP contribution in [0.4, 0.5) is 0 Å². The first-order valence-electron chi connectivity index (χ1n) is 7.58. The number of amides is 1. The standard InChI is InChI=1S/C19H20N2O3/c1-14(24-18-9-7-17(23-3)8-10-18)19(22)21(2)13-16-6-4-5-15(11-16)12-20/h4-11,14H,13H2,1-3H3. The van der Waals surface area contributed by atoms with E-state index in [9.17, 15) is 4.79 Å². The topological polar surface area (TPSA) is 62.6 Å². The molecule has 124 valence electrons. The number of benzene rings is 2. The van der Waals surface area contributed by atoms with Crippen molar-refractivity contribution in [2.75, 3.05) is 14.2 Å². The minimum atomic E-state index is -0.609. The summed E-state index contributed by atoms with van der Waals surface area (Å²) in [6, 6.07) is 16.4. The summed E-state index contributed by atoms with van der Waals surface area (Å²) in [6.45, 7) is 2.14. The van der Waals surface area contributed by atoms with Gasteiger partial charge in [-0.15, -0.1) is 0 Å². The molecule has 0 aliphatic heterocycles. The van der Waals surface area contributed by atoms with Gasteiger partial charge in [-0.05, 0) is 48.9 Å². The largest absolute Gasteiger partial charge is 0.497 e. The van der Waals surface area contributed by atoms with Crippen LogP contribution >= 0.6 is 0 Å². The zero-order chi connectivity index (χ0) is 17.5. The fourth-order valence-corrected chi connectivity index (χ4v) is 2.31. The maximum absolute atomic E-state index is 12.4. The summed E-state index contributed by atoms with van der Waals surface area (Å²) in [5.74, 6) is 1.21. The van der Waals surface area contributed by atoms with Gasteiger partial charge in [-0.2, -0.15) is 5.26 Å². The summed E-state index contributed by atoms with van der Waals surface area (Å²) in [7, 11) is 3.31. The highest BCUT2D eigenvalue weighted by Gasteiger charge is 2.19. The smallest absolute Gasteiger partial charge is 0.263 e. The van der Waals surface area contributed by atoms with Gasteiger partial charge < -0.3 is 14.4 Å². The van der Waals surface area contributed by atoms with Crippen molar-refractivity contribution in [3.63, 3.8) is 0 Å². The fourth-order valence-electron chi connectivity index (χ4n) is 2.31. The predicted octanol–water partition coefficient (Wildman–Crippen LogP) is 2.99. The molecule has 2 aromatic rings. The Labute approximate surface area is 142 Å². The lowest BCUT2D eigenvalue weighted by molar-refractivity contribution is -0.137. The average molecular weight is 324 g/mol. The first-order valence-corrected chi connectivity index (χ1v) is 7.58. The normalized spacial score (nSPS) is 11.2. The highest BCUT2D eigenvalue weighted by atomic mass is 16.5. The van der Waals surface area contributed by atoms with Crippen LogP contribution in [0.3, 0.4) is 0 Å². The molecule has 0 aromatic heterocycles. The molecule has 5 heteroatoms. The lowest BCUT2D eigenvalue weighted by Crippen LogP contribution is -2.37. The van der Waals surface area contributed by atoms with Crippen molar-refractivity contribution in [1.29, 1.82) is 5.26 Å². The molecule has 0 saturated heterocycles. The van der Waals surface area contributed by atoms with Crippen LogP contribution in [0.5, 0.6) is 11.5 Å². The first kappa shape index (κ1) is 17.4. The third-order valence-corrected chi connectivity index (χ3v) is 3.57. The summed E-state index contributed by atoms with van der Waals surface area (Å²) < 4.78 is 10.8. The molecule has 0 aliphatic rings. The summed E-state index contributed by atoms with van der Waals surface area (Å²) in [5.41, 5.74) is 1.48. The highest BCUT2D eigenvalue weighted by Crippen LogP contribution is 2.19. The minimum Gasteiger partial charge on any atom is -0.497 e. The molecule has 0 fully saturated rings. The van der Waals surface area contributed by atoms with Crippen molar-refractivity contribution >= 4 is 5.91 Å². The number of ether oxygens (including phenoxy) is 2. The molecule has 24 heavy (non-hydrogen) atoms. The van der Waals surface area contributed by atoms with Crippen LogP contribution in [0.25, 0.3) is 0 Å². The van der Waals surface area contributed by atoms with Crippen molar-refractivity contribution < 1.29 is 14.3 Å². The van der Waals surface area contributed by atoms with Gasteiger partial charge in [-0.3, -0.25) is 4.79 Å². The van der Waals surface area contributed by atoms with E-state index in [-0.39, 0.29) is 5.91 Å². The van der Waals surface area contributed by atoms with Gasteiger partial charge in [0.05, 0.1) is 18.7 Å². The number of carbonyl (C=O) groups excluding carboxylic acids is 1. The Kier molecular flexibility index (Phi) is 5.80. The van der Waals surface area contributed by atoms with Crippen LogP contribution in [-0.4, -0.2) is 31.1 Å². The molecule has 1 unspecified atom stereocenters. The summed E-state index contributed by atoms with van der Waals surface area (Å²) in [4.78, 5) is 14.0. The van der Waals surface area contributed by atoms with Crippen LogP contribution in [0.1, 0.15) is 18.1 Å². The molecule has 0 N–H and O–H groups in total. The van der Waals surface area contributed by atoms with Crippen LogP contribution in [0.2, 0.25) is 0 Å². The molecule has 0 saturated carbocycles. The van der Waals surface area contributed by atoms with E-state index in [4.69, 9.17) is 14.7 Å². The lowest BCUT2D eigenvalue weighted by Gasteiger charge is -2.22. The van der Waals surface area contributed by atoms with Crippen LogP contribution in [-0.2, 0) is 11.3 Å². The van der Waals surface area contributed by atoms with Crippen molar-refractivity contribution in [2.24, 2.45) is 0 Å². The van der Waals surface area contributed by atoms with Gasteiger partial charge in [0.25, 0.3) is 5.91 Å². The van der Waals surface area contributed by atoms with Crippen molar-refractivity contribution in [3.05, 3.63) is 59.7 Å². The summed E-state index contributed by atoms with van der Waals surface area (Å²) >= 11 is 0. The molecular weight excluding hydrogens is 304 g/mol. The zero-order valence-electron chi connectivity index (χ0n) is 14.0. The number of nitriles is 1. The molecule has 1 atom stereocenters. The Morgan fingerprint density at radius 3 is 2.50 bits per heavy atom. The second-order valence-electron chi connectivity index (χ2n) is 5.44. The Balaban J connectivity index is 1.97. The Morgan fingerprint density at radius 2 is 1.88 bits per heavy atom. The number of methoxy groups -OCH3 is 1. The van der Waals surface area contributed by atoms with Gasteiger partial charge in [0, 0.05) is 13.6 Å². The van der Waals surface area contributed by atoms with Crippen molar-refractivity contribution in [2.45, 2.75) is 19.6 Å². The third-order valence-electron chi connectivity index (χ3n) is 3.57. The molecule has 0 radical (unpaired) electrons. The first-order chi connectivity index (χ1) is 11.5. The summed E-state index contributed by atoms with van der Waals surface area (Å²) in [5, 5.41) is 8.94. The highest BCUT2D eigenvalue weighted by molar-refractivity contribution is 5.80. The molecular formula is C19H20N2O3. The van der Waals surface area contributed by atoms with E-state index in [2.05, 4.69) is 6.07 Å². The third kappa shape index (κ3) is 4.50. The Morgan fingerprint density at radius 1 is 1.21 bits per heavy atom. The SMILES string of the molecule is COc1ccc(OC(C)C(=O)N(C)Cc2cccc(C#N)c2)cc1. The molecule has 1 amide bonds. The van der Waals surface area contributed by atoms with Crippen LogP contribution in [0.15, 0.2) is 48.5 Å². The van der Waals surface area contributed by atoms with E-state index in [1.165, 1.54) is 0 Å². The van der Waals surface area contributed by atoms with Gasteiger partial charge in [0.15, 0.2) is 6.10 Å². The molecule has 0 aliphatic carbocycles. The van der Waals surface area contributed by atoms with Crippen LogP contribution < -0.4 is 9.47 Å². The van der Waals surface area contributed by atoms with Crippen molar-refractivity contribution in [1.82, 2.24) is 4.90 Å². The fraction of sp³-hybridized carbons (Fsp3) is 0.263. The number of rotatable bonds is 6. The lowest BCUT2D eigenvalue weighted by atomic mass is 10.1. The number of carbonyl (C=O) groups is 1. The van der Waals surface area contributed by atoms with Gasteiger partial charge in [0.2, 0.25) is 0 Å². The van der Waals surface area contributed by atoms with E-state index >= 15 is 0 Å². The molecule has 2 rings (SSSR count). The maximum Gasteiger partial charge on any atom is 0.263 e. The number of nitrogens with zero attached hydrogens (tertiary/aromatic N) is 2. The number of hydrogen-bond donors (Lipinski definition) is 0. The monoisotopic (exact) mass is 324 g/mol. The van der Waals surface area contributed by atoms with Crippen LogP contribution in [0, 0.1) is 11.3 Å². The number of hydrogen-bond acceptors (Lipinski definition) is 4. The van der Waals surface area contributed by atoms with Gasteiger partial charge in [0.1, 0.15) is 11.5 Å². The molecule has 0 heterocycles. The van der Waals surface area contributed by atoms with E-state index in [0.717, 1.165) is 11.3 Å². The number of likely N-dealkylation sites (N-methyl/N-ethyl adjacent to an activating group) is 1. The Hall–Kier alpha value is -3.00. The van der Waals surface area contributed by atoms with Gasteiger partial charge >= 0.3 is 0 Å². The molecule has 2 aromatic carbocycles. The maximum atomic E-state index is 12.4. The average Bonchev–Trinajstić information content (AvgIpc) is 2.61. The minimum absolute atomic E-state index is 0.131. The molecule has 0 bridgehead atoms. The van der Waals surface area contributed by atoms with E-state index in [0.29, 0.717) is 17.9 Å². The molecule has 5 nitrogen and oxygen atoms in total. The van der Waals surface area contributed by atoms with E-state index in [1.54, 1.807) is 62.4 Å². The second-order valence-corrected chi connectivity index (χ2v) is 5.44. The Bertz CT molecular complexity index is 735. The van der Waals surface area contributed by atoms with E-state index < -0.39 is 6.10 Å². The summed E-state index contributed by atoms with van der Waals surface area (Å²) in [6.07, 6.45) is -0.609. The predicted molar refractivity (Wildman–Crippen MR) is 90.7 cm³/mol. The molecule has 0 spiro atoms.